The van der Waals surface area contributed by atoms with Crippen LogP contribution in [0.2, 0.25) is 0 Å². The van der Waals surface area contributed by atoms with Gasteiger partial charge in [-0.05, 0) is 44.9 Å². The third kappa shape index (κ3) is 7.98. The Labute approximate surface area is 136 Å². The number of esters is 1. The monoisotopic (exact) mass is 310 g/mol. The fourth-order valence-corrected chi connectivity index (χ4v) is 3.52. The molecule has 1 N–H and O–H groups in total. The van der Waals surface area contributed by atoms with Crippen molar-refractivity contribution >= 4 is 5.97 Å². The average molecular weight is 310 g/mol. The van der Waals surface area contributed by atoms with Gasteiger partial charge in [0.1, 0.15) is 0 Å². The highest BCUT2D eigenvalue weighted by Crippen LogP contribution is 2.39. The van der Waals surface area contributed by atoms with Crippen LogP contribution in [0.4, 0.5) is 0 Å². The van der Waals surface area contributed by atoms with Crippen LogP contribution >= 0.6 is 0 Å². The maximum absolute atomic E-state index is 11.6. The summed E-state index contributed by atoms with van der Waals surface area (Å²) >= 11 is 0. The molecule has 0 atom stereocenters. The molecule has 22 heavy (non-hydrogen) atoms. The van der Waals surface area contributed by atoms with Crippen LogP contribution in [0.3, 0.4) is 0 Å². The third-order valence-corrected chi connectivity index (χ3v) is 4.84. The summed E-state index contributed by atoms with van der Waals surface area (Å²) in [4.78, 5) is 11.6. The van der Waals surface area contributed by atoms with E-state index in [1.54, 1.807) is 6.08 Å². The second-order valence-electron chi connectivity index (χ2n) is 7.09. The molecule has 3 heteroatoms. The van der Waals surface area contributed by atoms with Crippen LogP contribution in [0.15, 0.2) is 11.6 Å². The number of ether oxygens (including phenoxy) is 1. The third-order valence-electron chi connectivity index (χ3n) is 4.84. The van der Waals surface area contributed by atoms with Gasteiger partial charge in [0, 0.05) is 12.7 Å². The number of aliphatic hydroxyl groups excluding tert-OH is 1. The molecule has 0 unspecified atom stereocenters. The summed E-state index contributed by atoms with van der Waals surface area (Å²) in [6, 6.07) is 0. The summed E-state index contributed by atoms with van der Waals surface area (Å²) in [5, 5.41) is 9.48. The van der Waals surface area contributed by atoms with Gasteiger partial charge in [-0.3, -0.25) is 0 Å². The molecule has 0 amide bonds. The smallest absolute Gasteiger partial charge is 0.330 e. The molecule has 3 nitrogen and oxygen atoms in total. The van der Waals surface area contributed by atoms with Crippen molar-refractivity contribution in [1.82, 2.24) is 0 Å². The number of carbonyl (C=O) groups excluding carboxylic acids is 1. The molecule has 0 aromatic carbocycles. The molecule has 128 valence electrons. The molecule has 0 radical (unpaired) electrons. The van der Waals surface area contributed by atoms with Crippen molar-refractivity contribution in [3.63, 3.8) is 0 Å². The summed E-state index contributed by atoms with van der Waals surface area (Å²) < 4.78 is 5.36. The van der Waals surface area contributed by atoms with Crippen molar-refractivity contribution in [2.75, 3.05) is 13.2 Å². The molecule has 0 heterocycles. The van der Waals surface area contributed by atoms with E-state index in [9.17, 15) is 9.90 Å². The van der Waals surface area contributed by atoms with E-state index in [2.05, 4.69) is 0 Å². The zero-order valence-corrected chi connectivity index (χ0v) is 14.5. The van der Waals surface area contributed by atoms with Crippen molar-refractivity contribution < 1.29 is 14.6 Å². The largest absolute Gasteiger partial charge is 0.463 e. The highest BCUT2D eigenvalue weighted by molar-refractivity contribution is 5.82. The zero-order chi connectivity index (χ0) is 16.3. The van der Waals surface area contributed by atoms with Gasteiger partial charge in [-0.1, -0.05) is 50.5 Å². The van der Waals surface area contributed by atoms with E-state index in [1.807, 2.05) is 13.8 Å². The average Bonchev–Trinajstić information content (AvgIpc) is 2.45. The van der Waals surface area contributed by atoms with Gasteiger partial charge in [0.15, 0.2) is 0 Å². The number of rotatable bonds is 6. The summed E-state index contributed by atoms with van der Waals surface area (Å²) in [7, 11) is 0. The molecule has 1 aliphatic carbocycles. The Morgan fingerprint density at radius 1 is 1.00 bits per heavy atom. The Bertz CT molecular complexity index is 333. The summed E-state index contributed by atoms with van der Waals surface area (Å²) in [6.45, 7) is 4.51. The quantitative estimate of drug-likeness (QED) is 0.567. The van der Waals surface area contributed by atoms with Gasteiger partial charge in [0.2, 0.25) is 0 Å². The standard InChI is InChI=1S/C19H34O3/c1-17(2)16-18(21)22-15-13-19(12-14-20)10-8-6-4-3-5-7-9-11-19/h16,20H,3-15H2,1-2H3. The Morgan fingerprint density at radius 2 is 1.55 bits per heavy atom. The number of allylic oxidation sites excluding steroid dienone is 1. The van der Waals surface area contributed by atoms with Crippen LogP contribution in [0.25, 0.3) is 0 Å². The van der Waals surface area contributed by atoms with Crippen molar-refractivity contribution in [2.24, 2.45) is 5.41 Å². The summed E-state index contributed by atoms with van der Waals surface area (Å²) in [6.07, 6.45) is 14.7. The number of aliphatic hydroxyl groups is 1. The van der Waals surface area contributed by atoms with E-state index in [4.69, 9.17) is 4.74 Å². The molecule has 1 fully saturated rings. The van der Waals surface area contributed by atoms with Gasteiger partial charge in [-0.15, -0.1) is 0 Å². The van der Waals surface area contributed by atoms with E-state index in [0.29, 0.717) is 6.61 Å². The van der Waals surface area contributed by atoms with E-state index < -0.39 is 0 Å². The minimum atomic E-state index is -0.237. The SMILES string of the molecule is CC(C)=CC(=O)OCCC1(CCO)CCCCCCCCC1. The fraction of sp³-hybridized carbons (Fsp3) is 0.842. The maximum atomic E-state index is 11.6. The lowest BCUT2D eigenvalue weighted by molar-refractivity contribution is -0.138. The summed E-state index contributed by atoms with van der Waals surface area (Å²) in [5.41, 5.74) is 1.13. The lowest BCUT2D eigenvalue weighted by atomic mass is 9.72. The van der Waals surface area contributed by atoms with Crippen LogP contribution in [0.1, 0.15) is 84.5 Å². The van der Waals surface area contributed by atoms with Crippen LogP contribution in [-0.4, -0.2) is 24.3 Å². The second-order valence-corrected chi connectivity index (χ2v) is 7.09. The fourth-order valence-electron chi connectivity index (χ4n) is 3.52. The number of hydrogen-bond acceptors (Lipinski definition) is 3. The first-order chi connectivity index (χ1) is 10.6. The van der Waals surface area contributed by atoms with Crippen LogP contribution in [0, 0.1) is 5.41 Å². The molecular weight excluding hydrogens is 276 g/mol. The molecule has 0 aliphatic heterocycles. The van der Waals surface area contributed by atoms with Crippen LogP contribution < -0.4 is 0 Å². The van der Waals surface area contributed by atoms with Crippen molar-refractivity contribution in [3.05, 3.63) is 11.6 Å². The van der Waals surface area contributed by atoms with E-state index in [-0.39, 0.29) is 18.0 Å². The Kier molecular flexibility index (Phi) is 9.45. The van der Waals surface area contributed by atoms with E-state index >= 15 is 0 Å². The van der Waals surface area contributed by atoms with Gasteiger partial charge in [-0.25, -0.2) is 4.79 Å². The van der Waals surface area contributed by atoms with Gasteiger partial charge >= 0.3 is 5.97 Å². The molecule has 0 aromatic rings. The number of carbonyl (C=O) groups is 1. The van der Waals surface area contributed by atoms with Crippen molar-refractivity contribution in [1.29, 1.82) is 0 Å². The highest BCUT2D eigenvalue weighted by Gasteiger charge is 2.29. The predicted octanol–water partition coefficient (Wildman–Crippen LogP) is 4.78. The molecule has 1 saturated carbocycles. The lowest BCUT2D eigenvalue weighted by Crippen LogP contribution is -2.25. The molecule has 1 aliphatic rings. The van der Waals surface area contributed by atoms with Gasteiger partial charge in [-0.2, -0.15) is 0 Å². The lowest BCUT2D eigenvalue weighted by Gasteiger charge is -2.34. The van der Waals surface area contributed by atoms with Crippen molar-refractivity contribution in [3.8, 4) is 0 Å². The van der Waals surface area contributed by atoms with Gasteiger partial charge in [0.25, 0.3) is 0 Å². The predicted molar refractivity (Wildman–Crippen MR) is 90.7 cm³/mol. The molecule has 0 bridgehead atoms. The number of hydrogen-bond donors (Lipinski definition) is 1. The topological polar surface area (TPSA) is 46.5 Å². The minimum absolute atomic E-state index is 0.164. The van der Waals surface area contributed by atoms with Crippen LogP contribution in [-0.2, 0) is 9.53 Å². The Hall–Kier alpha value is -0.830. The van der Waals surface area contributed by atoms with E-state index in [0.717, 1.165) is 31.3 Å². The highest BCUT2D eigenvalue weighted by atomic mass is 16.5. The van der Waals surface area contributed by atoms with Gasteiger partial charge in [0.05, 0.1) is 6.61 Å². The summed E-state index contributed by atoms with van der Waals surface area (Å²) in [5.74, 6) is -0.237. The molecule has 0 spiro atoms. The Morgan fingerprint density at radius 3 is 2.05 bits per heavy atom. The maximum Gasteiger partial charge on any atom is 0.330 e. The molecule has 0 saturated heterocycles. The first-order valence-electron chi connectivity index (χ1n) is 9.00. The molecular formula is C19H34O3. The zero-order valence-electron chi connectivity index (χ0n) is 14.5. The normalized spacial score (nSPS) is 19.2. The minimum Gasteiger partial charge on any atom is -0.463 e. The Balaban J connectivity index is 2.54. The van der Waals surface area contributed by atoms with E-state index in [1.165, 1.54) is 44.9 Å². The molecule has 0 aromatic heterocycles. The van der Waals surface area contributed by atoms with Gasteiger partial charge < -0.3 is 9.84 Å². The van der Waals surface area contributed by atoms with Crippen LogP contribution in [0.5, 0.6) is 0 Å². The first-order valence-corrected chi connectivity index (χ1v) is 9.00. The second kappa shape index (κ2) is 10.8. The molecule has 1 rings (SSSR count). The van der Waals surface area contributed by atoms with Crippen molar-refractivity contribution in [2.45, 2.75) is 84.5 Å². The first kappa shape index (κ1) is 19.2.